The number of halogens is 3. The molecule has 21 heavy (non-hydrogen) atoms. The van der Waals surface area contributed by atoms with Crippen molar-refractivity contribution in [1.29, 1.82) is 0 Å². The third-order valence-corrected chi connectivity index (χ3v) is 2.72. The Balaban J connectivity index is 2.26. The van der Waals surface area contributed by atoms with Crippen LogP contribution in [0.5, 0.6) is 11.5 Å². The Hall–Kier alpha value is -2.70. The molecule has 0 heterocycles. The highest BCUT2D eigenvalue weighted by Crippen LogP contribution is 2.27. The molecule has 2 rings (SSSR count). The molecule has 0 fully saturated rings. The lowest BCUT2D eigenvalue weighted by molar-refractivity contribution is 0.102. The quantitative estimate of drug-likeness (QED) is 0.856. The second-order valence-corrected chi connectivity index (χ2v) is 4.06. The van der Waals surface area contributed by atoms with Crippen molar-refractivity contribution in [3.63, 3.8) is 0 Å². The highest BCUT2D eigenvalue weighted by Gasteiger charge is 2.16. The molecule has 0 bridgehead atoms. The third-order valence-electron chi connectivity index (χ3n) is 2.72. The first kappa shape index (κ1) is 14.7. The fourth-order valence-electron chi connectivity index (χ4n) is 1.65. The van der Waals surface area contributed by atoms with Crippen LogP contribution in [-0.4, -0.2) is 18.1 Å². The van der Waals surface area contributed by atoms with Crippen LogP contribution in [0.25, 0.3) is 0 Å². The average molecular weight is 297 g/mol. The van der Waals surface area contributed by atoms with E-state index in [9.17, 15) is 23.1 Å². The van der Waals surface area contributed by atoms with Crippen LogP contribution in [0.1, 0.15) is 10.4 Å². The smallest absolute Gasteiger partial charge is 0.255 e. The second kappa shape index (κ2) is 5.74. The molecule has 0 spiro atoms. The molecular weight excluding hydrogens is 287 g/mol. The lowest BCUT2D eigenvalue weighted by atomic mass is 10.2. The molecule has 2 N–H and O–H groups in total. The van der Waals surface area contributed by atoms with Gasteiger partial charge in [-0.2, -0.15) is 0 Å². The molecule has 0 atom stereocenters. The zero-order valence-corrected chi connectivity index (χ0v) is 10.8. The molecule has 4 nitrogen and oxygen atoms in total. The Morgan fingerprint density at radius 2 is 1.86 bits per heavy atom. The van der Waals surface area contributed by atoms with Gasteiger partial charge in [0, 0.05) is 5.56 Å². The molecule has 7 heteroatoms. The van der Waals surface area contributed by atoms with Crippen LogP contribution in [0.15, 0.2) is 30.3 Å². The van der Waals surface area contributed by atoms with E-state index in [1.165, 1.54) is 19.2 Å². The van der Waals surface area contributed by atoms with E-state index in [0.717, 1.165) is 12.1 Å². The fourth-order valence-corrected chi connectivity index (χ4v) is 1.65. The molecule has 0 aliphatic carbocycles. The first-order chi connectivity index (χ1) is 9.93. The lowest BCUT2D eigenvalue weighted by Gasteiger charge is -2.09. The largest absolute Gasteiger partial charge is 0.504 e. The molecule has 0 radical (unpaired) electrons. The summed E-state index contributed by atoms with van der Waals surface area (Å²) in [5, 5.41) is 11.6. The Bertz CT molecular complexity index is 704. The van der Waals surface area contributed by atoms with Crippen LogP contribution >= 0.6 is 0 Å². The number of aromatic hydroxyl groups is 1. The summed E-state index contributed by atoms with van der Waals surface area (Å²) in [6.45, 7) is 0. The van der Waals surface area contributed by atoms with Gasteiger partial charge >= 0.3 is 0 Å². The van der Waals surface area contributed by atoms with E-state index in [4.69, 9.17) is 4.74 Å². The Morgan fingerprint density at radius 1 is 1.14 bits per heavy atom. The van der Waals surface area contributed by atoms with Gasteiger partial charge in [-0.05, 0) is 30.3 Å². The number of phenolic OH excluding ortho intramolecular Hbond substituents is 1. The van der Waals surface area contributed by atoms with Gasteiger partial charge in [0.15, 0.2) is 29.0 Å². The van der Waals surface area contributed by atoms with Crippen molar-refractivity contribution in [3.05, 3.63) is 53.3 Å². The van der Waals surface area contributed by atoms with Crippen molar-refractivity contribution in [2.75, 3.05) is 12.4 Å². The normalized spacial score (nSPS) is 10.3. The molecule has 0 aromatic heterocycles. The van der Waals surface area contributed by atoms with Gasteiger partial charge in [0.2, 0.25) is 0 Å². The second-order valence-electron chi connectivity index (χ2n) is 4.06. The number of phenols is 1. The maximum absolute atomic E-state index is 13.4. The monoisotopic (exact) mass is 297 g/mol. The first-order valence-electron chi connectivity index (χ1n) is 5.76. The molecule has 0 saturated carbocycles. The number of benzene rings is 2. The summed E-state index contributed by atoms with van der Waals surface area (Å²) in [4.78, 5) is 11.9. The number of methoxy groups -OCH3 is 1. The number of carbonyl (C=O) groups is 1. The van der Waals surface area contributed by atoms with Gasteiger partial charge in [0.25, 0.3) is 5.91 Å². The predicted octanol–water partition coefficient (Wildman–Crippen LogP) is 3.07. The number of hydrogen-bond donors (Lipinski definition) is 2. The molecule has 1 amide bonds. The Kier molecular flexibility index (Phi) is 4.02. The highest BCUT2D eigenvalue weighted by atomic mass is 19.2. The third kappa shape index (κ3) is 2.91. The van der Waals surface area contributed by atoms with Crippen molar-refractivity contribution >= 4 is 11.6 Å². The van der Waals surface area contributed by atoms with Gasteiger partial charge in [-0.3, -0.25) is 4.79 Å². The zero-order chi connectivity index (χ0) is 15.6. The highest BCUT2D eigenvalue weighted by molar-refractivity contribution is 6.04. The molecule has 110 valence electrons. The van der Waals surface area contributed by atoms with Crippen LogP contribution in [0.2, 0.25) is 0 Å². The summed E-state index contributed by atoms with van der Waals surface area (Å²) in [6.07, 6.45) is 0. The minimum Gasteiger partial charge on any atom is -0.504 e. The zero-order valence-electron chi connectivity index (χ0n) is 10.8. The number of amides is 1. The van der Waals surface area contributed by atoms with Gasteiger partial charge in [-0.15, -0.1) is 0 Å². The summed E-state index contributed by atoms with van der Waals surface area (Å²) < 4.78 is 44.1. The first-order valence-corrected chi connectivity index (χ1v) is 5.76. The molecule has 0 aliphatic heterocycles. The SMILES string of the molecule is COc1ccc(C(=O)Nc2ccc(F)c(F)c2F)cc1O. The van der Waals surface area contributed by atoms with E-state index in [-0.39, 0.29) is 17.1 Å². The molecule has 0 saturated heterocycles. The molecule has 0 aliphatic rings. The molecular formula is C14H10F3NO3. The van der Waals surface area contributed by atoms with Gasteiger partial charge in [0.1, 0.15) is 0 Å². The minimum atomic E-state index is -1.68. The lowest BCUT2D eigenvalue weighted by Crippen LogP contribution is -2.13. The molecule has 0 unspecified atom stereocenters. The maximum Gasteiger partial charge on any atom is 0.255 e. The standard InChI is InChI=1S/C14H10F3NO3/c1-21-11-5-2-7(6-10(11)19)14(20)18-9-4-3-8(15)12(16)13(9)17/h2-6,19H,1H3,(H,18,20). The number of anilines is 1. The maximum atomic E-state index is 13.4. The van der Waals surface area contributed by atoms with Crippen LogP contribution in [0.3, 0.4) is 0 Å². The van der Waals surface area contributed by atoms with Crippen LogP contribution in [0, 0.1) is 17.5 Å². The average Bonchev–Trinajstić information content (AvgIpc) is 2.47. The van der Waals surface area contributed by atoms with Crippen LogP contribution in [-0.2, 0) is 0 Å². The molecule has 2 aromatic rings. The van der Waals surface area contributed by atoms with Gasteiger partial charge < -0.3 is 15.2 Å². The van der Waals surface area contributed by atoms with Gasteiger partial charge in [-0.25, -0.2) is 13.2 Å². The van der Waals surface area contributed by atoms with Crippen molar-refractivity contribution in [3.8, 4) is 11.5 Å². The summed E-state index contributed by atoms with van der Waals surface area (Å²) in [5.41, 5.74) is -0.508. The van der Waals surface area contributed by atoms with Crippen molar-refractivity contribution in [2.24, 2.45) is 0 Å². The summed E-state index contributed by atoms with van der Waals surface area (Å²) >= 11 is 0. The van der Waals surface area contributed by atoms with Gasteiger partial charge in [0.05, 0.1) is 12.8 Å². The van der Waals surface area contributed by atoms with Crippen molar-refractivity contribution in [1.82, 2.24) is 0 Å². The number of nitrogens with one attached hydrogen (secondary N) is 1. The number of ether oxygens (including phenoxy) is 1. The van der Waals surface area contributed by atoms with Crippen molar-refractivity contribution < 1.29 is 27.8 Å². The van der Waals surface area contributed by atoms with Crippen LogP contribution < -0.4 is 10.1 Å². The van der Waals surface area contributed by atoms with E-state index >= 15 is 0 Å². The number of carbonyl (C=O) groups excluding carboxylic acids is 1. The van der Waals surface area contributed by atoms with Crippen molar-refractivity contribution in [2.45, 2.75) is 0 Å². The Labute approximate surface area is 117 Å². The number of hydrogen-bond acceptors (Lipinski definition) is 3. The van der Waals surface area contributed by atoms with E-state index in [2.05, 4.69) is 5.32 Å². The minimum absolute atomic E-state index is 0.00238. The topological polar surface area (TPSA) is 58.6 Å². The van der Waals surface area contributed by atoms with E-state index in [1.807, 2.05) is 0 Å². The summed E-state index contributed by atoms with van der Waals surface area (Å²) in [7, 11) is 1.34. The molecule has 2 aromatic carbocycles. The Morgan fingerprint density at radius 3 is 2.48 bits per heavy atom. The van der Waals surface area contributed by atoms with E-state index in [0.29, 0.717) is 6.07 Å². The fraction of sp³-hybridized carbons (Fsp3) is 0.0714. The van der Waals surface area contributed by atoms with E-state index in [1.54, 1.807) is 0 Å². The van der Waals surface area contributed by atoms with E-state index < -0.39 is 29.0 Å². The summed E-state index contributed by atoms with van der Waals surface area (Å²) in [5.74, 6) is -5.45. The van der Waals surface area contributed by atoms with Gasteiger partial charge in [-0.1, -0.05) is 0 Å². The van der Waals surface area contributed by atoms with Crippen LogP contribution in [0.4, 0.5) is 18.9 Å². The predicted molar refractivity (Wildman–Crippen MR) is 68.9 cm³/mol. The summed E-state index contributed by atoms with van der Waals surface area (Å²) in [6, 6.07) is 5.36. The number of rotatable bonds is 3.